The van der Waals surface area contributed by atoms with Gasteiger partial charge in [-0.1, -0.05) is 26.0 Å². The van der Waals surface area contributed by atoms with Gasteiger partial charge in [0.15, 0.2) is 11.5 Å². The van der Waals surface area contributed by atoms with Crippen molar-refractivity contribution in [3.63, 3.8) is 0 Å². The molecule has 0 fully saturated rings. The molecule has 0 amide bonds. The summed E-state index contributed by atoms with van der Waals surface area (Å²) in [5.41, 5.74) is 9.04. The summed E-state index contributed by atoms with van der Waals surface area (Å²) in [6.07, 6.45) is 5.53. The van der Waals surface area contributed by atoms with E-state index in [9.17, 15) is 5.11 Å². The molecule has 0 saturated carbocycles. The lowest BCUT2D eigenvalue weighted by atomic mass is 10.1. The summed E-state index contributed by atoms with van der Waals surface area (Å²) in [7, 11) is 0. The minimum atomic E-state index is -0.0842. The number of rotatable bonds is 5. The van der Waals surface area contributed by atoms with Crippen LogP contribution in [0, 0.1) is 5.92 Å². The fraction of sp³-hybridized carbons (Fsp3) is 0.294. The highest BCUT2D eigenvalue weighted by atomic mass is 16.3. The number of aromatic nitrogens is 3. The van der Waals surface area contributed by atoms with E-state index in [1.807, 2.05) is 41.1 Å². The number of aliphatic hydroxyl groups is 1. The van der Waals surface area contributed by atoms with Crippen LogP contribution >= 0.6 is 0 Å². The third-order valence-corrected chi connectivity index (χ3v) is 3.88. The molecule has 2 aromatic heterocycles. The molecule has 2 heterocycles. The normalized spacial score (nSPS) is 12.7. The molecule has 23 heavy (non-hydrogen) atoms. The zero-order valence-corrected chi connectivity index (χ0v) is 13.3. The van der Waals surface area contributed by atoms with E-state index in [1.54, 1.807) is 6.20 Å². The molecule has 6 heteroatoms. The Morgan fingerprint density at radius 1 is 1.35 bits per heavy atom. The van der Waals surface area contributed by atoms with Crippen molar-refractivity contribution in [2.75, 3.05) is 17.7 Å². The molecule has 120 valence electrons. The van der Waals surface area contributed by atoms with Crippen LogP contribution in [0.2, 0.25) is 0 Å². The second-order valence-corrected chi connectivity index (χ2v) is 5.94. The number of benzene rings is 1. The Morgan fingerprint density at radius 2 is 2.17 bits per heavy atom. The number of nitrogen functional groups attached to an aromatic ring is 1. The monoisotopic (exact) mass is 311 g/mol. The van der Waals surface area contributed by atoms with Gasteiger partial charge < -0.3 is 20.6 Å². The largest absolute Gasteiger partial charge is 0.399 e. The van der Waals surface area contributed by atoms with Gasteiger partial charge in [-0.3, -0.25) is 0 Å². The summed E-state index contributed by atoms with van der Waals surface area (Å²) in [6, 6.07) is 7.53. The quantitative estimate of drug-likeness (QED) is 0.630. The number of anilines is 2. The maximum Gasteiger partial charge on any atom is 0.180 e. The van der Waals surface area contributed by atoms with Gasteiger partial charge >= 0.3 is 0 Å². The maximum atomic E-state index is 9.57. The lowest BCUT2D eigenvalue weighted by molar-refractivity contribution is 0.249. The van der Waals surface area contributed by atoms with Crippen molar-refractivity contribution in [2.24, 2.45) is 5.92 Å². The number of nitrogens with one attached hydrogen (secondary N) is 1. The highest BCUT2D eigenvalue weighted by molar-refractivity contribution is 5.71. The number of fused-ring (bicyclic) bond motifs is 1. The molecular weight excluding hydrogens is 290 g/mol. The number of hydrogen-bond donors (Lipinski definition) is 3. The molecule has 0 radical (unpaired) electrons. The SMILES string of the molecule is CC(C)C(CO)Nc1nc(-c2cccc(N)c2)cn2ccnc12. The Morgan fingerprint density at radius 3 is 2.87 bits per heavy atom. The van der Waals surface area contributed by atoms with Crippen molar-refractivity contribution in [1.82, 2.24) is 14.4 Å². The van der Waals surface area contributed by atoms with E-state index < -0.39 is 0 Å². The van der Waals surface area contributed by atoms with Crippen molar-refractivity contribution in [3.8, 4) is 11.3 Å². The first-order chi connectivity index (χ1) is 11.1. The molecule has 0 saturated heterocycles. The fourth-order valence-corrected chi connectivity index (χ4v) is 2.46. The molecular formula is C17H21N5O. The lowest BCUT2D eigenvalue weighted by Gasteiger charge is -2.21. The standard InChI is InChI=1S/C17H21N5O/c1-11(2)15(10-23)21-16-17-19-6-7-22(17)9-14(20-16)12-4-3-5-13(18)8-12/h3-9,11,15,23H,10,18H2,1-2H3,(H,20,21). The molecule has 1 atom stereocenters. The van der Waals surface area contributed by atoms with Gasteiger partial charge in [-0.15, -0.1) is 0 Å². The van der Waals surface area contributed by atoms with Crippen LogP contribution < -0.4 is 11.1 Å². The third kappa shape index (κ3) is 3.12. The zero-order chi connectivity index (χ0) is 16.4. The van der Waals surface area contributed by atoms with Crippen LogP contribution in [0.5, 0.6) is 0 Å². The molecule has 3 rings (SSSR count). The zero-order valence-electron chi connectivity index (χ0n) is 13.3. The highest BCUT2D eigenvalue weighted by Crippen LogP contribution is 2.24. The van der Waals surface area contributed by atoms with E-state index >= 15 is 0 Å². The summed E-state index contributed by atoms with van der Waals surface area (Å²) in [6.45, 7) is 4.14. The van der Waals surface area contributed by atoms with E-state index in [0.29, 0.717) is 11.5 Å². The molecule has 0 aliphatic carbocycles. The van der Waals surface area contributed by atoms with Crippen LogP contribution in [-0.2, 0) is 0 Å². The molecule has 1 unspecified atom stereocenters. The van der Waals surface area contributed by atoms with Crippen LogP contribution in [-0.4, -0.2) is 32.1 Å². The van der Waals surface area contributed by atoms with Gasteiger partial charge in [-0.2, -0.15) is 0 Å². The molecule has 6 nitrogen and oxygen atoms in total. The topological polar surface area (TPSA) is 88.5 Å². The summed E-state index contributed by atoms with van der Waals surface area (Å²) in [4.78, 5) is 9.04. The van der Waals surface area contributed by atoms with Crippen molar-refractivity contribution in [3.05, 3.63) is 42.9 Å². The van der Waals surface area contributed by atoms with Gasteiger partial charge in [0.2, 0.25) is 0 Å². The third-order valence-electron chi connectivity index (χ3n) is 3.88. The Kier molecular flexibility index (Phi) is 4.16. The summed E-state index contributed by atoms with van der Waals surface area (Å²) in [5.74, 6) is 0.926. The van der Waals surface area contributed by atoms with Gasteiger partial charge in [-0.05, 0) is 18.1 Å². The summed E-state index contributed by atoms with van der Waals surface area (Å²) < 4.78 is 1.92. The van der Waals surface area contributed by atoms with Crippen molar-refractivity contribution >= 4 is 17.2 Å². The average molecular weight is 311 g/mol. The average Bonchev–Trinajstić information content (AvgIpc) is 3.00. The molecule has 0 aliphatic heterocycles. The van der Waals surface area contributed by atoms with Crippen molar-refractivity contribution in [1.29, 1.82) is 0 Å². The highest BCUT2D eigenvalue weighted by Gasteiger charge is 2.16. The van der Waals surface area contributed by atoms with E-state index in [4.69, 9.17) is 10.7 Å². The Balaban J connectivity index is 2.08. The van der Waals surface area contributed by atoms with Crippen LogP contribution in [0.1, 0.15) is 13.8 Å². The van der Waals surface area contributed by atoms with Gasteiger partial charge in [0.1, 0.15) is 0 Å². The van der Waals surface area contributed by atoms with Crippen molar-refractivity contribution in [2.45, 2.75) is 19.9 Å². The molecule has 1 aromatic carbocycles. The van der Waals surface area contributed by atoms with Crippen LogP contribution in [0.15, 0.2) is 42.9 Å². The number of imidazole rings is 1. The predicted molar refractivity (Wildman–Crippen MR) is 92.2 cm³/mol. The first-order valence-electron chi connectivity index (χ1n) is 7.65. The molecule has 0 spiro atoms. The number of hydrogen-bond acceptors (Lipinski definition) is 5. The number of aliphatic hydroxyl groups excluding tert-OH is 1. The lowest BCUT2D eigenvalue weighted by Crippen LogP contribution is -2.30. The number of nitrogens with zero attached hydrogens (tertiary/aromatic N) is 3. The van der Waals surface area contributed by atoms with Gasteiger partial charge in [-0.25, -0.2) is 9.97 Å². The van der Waals surface area contributed by atoms with E-state index in [1.165, 1.54) is 0 Å². The Hall–Kier alpha value is -2.60. The van der Waals surface area contributed by atoms with E-state index in [0.717, 1.165) is 16.9 Å². The molecule has 4 N–H and O–H groups in total. The number of nitrogens with two attached hydrogens (primary N) is 1. The smallest absolute Gasteiger partial charge is 0.180 e. The second-order valence-electron chi connectivity index (χ2n) is 5.94. The molecule has 3 aromatic rings. The summed E-state index contributed by atoms with van der Waals surface area (Å²) in [5, 5.41) is 12.9. The van der Waals surface area contributed by atoms with Gasteiger partial charge in [0, 0.05) is 29.8 Å². The van der Waals surface area contributed by atoms with Crippen LogP contribution in [0.4, 0.5) is 11.5 Å². The molecule has 0 aliphatic rings. The predicted octanol–water partition coefficient (Wildman–Crippen LogP) is 2.41. The minimum absolute atomic E-state index is 0.0364. The Bertz CT molecular complexity index is 812. The van der Waals surface area contributed by atoms with Crippen molar-refractivity contribution < 1.29 is 5.11 Å². The Labute approximate surface area is 135 Å². The summed E-state index contributed by atoms with van der Waals surface area (Å²) >= 11 is 0. The minimum Gasteiger partial charge on any atom is -0.399 e. The van der Waals surface area contributed by atoms with E-state index in [-0.39, 0.29) is 18.6 Å². The van der Waals surface area contributed by atoms with Crippen LogP contribution in [0.25, 0.3) is 16.9 Å². The van der Waals surface area contributed by atoms with Gasteiger partial charge in [0.25, 0.3) is 0 Å². The van der Waals surface area contributed by atoms with E-state index in [2.05, 4.69) is 24.1 Å². The maximum absolute atomic E-state index is 9.57. The van der Waals surface area contributed by atoms with Crippen LogP contribution in [0.3, 0.4) is 0 Å². The first-order valence-corrected chi connectivity index (χ1v) is 7.65. The fourth-order valence-electron chi connectivity index (χ4n) is 2.46. The molecule has 0 bridgehead atoms. The first kappa shape index (κ1) is 15.3. The second kappa shape index (κ2) is 6.26. The van der Waals surface area contributed by atoms with Gasteiger partial charge in [0.05, 0.1) is 18.3 Å².